The Hall–Kier alpha value is -3.48. The molecular weight excluding hydrogens is 320 g/mol. The molecule has 7 nitrogen and oxygen atoms in total. The average molecular weight is 336 g/mol. The lowest BCUT2D eigenvalue weighted by molar-refractivity contribution is -0.385. The molecule has 0 bridgehead atoms. The molecule has 0 aromatic heterocycles. The number of para-hydroxylation sites is 1. The van der Waals surface area contributed by atoms with E-state index in [0.717, 1.165) is 5.56 Å². The number of nitro benzene ring substituents is 1. The average Bonchev–Trinajstić information content (AvgIpc) is 2.61. The van der Waals surface area contributed by atoms with Crippen molar-refractivity contribution in [3.05, 3.63) is 81.4 Å². The van der Waals surface area contributed by atoms with E-state index in [1.807, 2.05) is 30.3 Å². The third-order valence-electron chi connectivity index (χ3n) is 3.93. The first-order chi connectivity index (χ1) is 12.0. The first kappa shape index (κ1) is 16.4. The van der Waals surface area contributed by atoms with Crippen LogP contribution in [0, 0.1) is 10.1 Å². The van der Waals surface area contributed by atoms with Crippen molar-refractivity contribution in [1.29, 1.82) is 0 Å². The normalized spacial score (nSPS) is 16.8. The van der Waals surface area contributed by atoms with Gasteiger partial charge in [-0.2, -0.15) is 0 Å². The van der Waals surface area contributed by atoms with Gasteiger partial charge in [0.1, 0.15) is 6.04 Å². The Balaban J connectivity index is 2.24. The van der Waals surface area contributed by atoms with Crippen LogP contribution in [0.25, 0.3) is 5.70 Å². The highest BCUT2D eigenvalue weighted by molar-refractivity contribution is 6.07. The summed E-state index contributed by atoms with van der Waals surface area (Å²) in [5.74, 6) is -0.127. The Labute approximate surface area is 144 Å². The lowest BCUT2D eigenvalue weighted by Gasteiger charge is -2.26. The predicted molar refractivity (Wildman–Crippen MR) is 94.6 cm³/mol. The van der Waals surface area contributed by atoms with Crippen molar-refractivity contribution in [2.45, 2.75) is 13.0 Å². The number of hydrogen-bond donors (Lipinski definition) is 2. The minimum absolute atomic E-state index is 0.0999. The van der Waals surface area contributed by atoms with Gasteiger partial charge in [-0.25, -0.2) is 4.99 Å². The van der Waals surface area contributed by atoms with Crippen molar-refractivity contribution in [3.63, 3.8) is 0 Å². The van der Waals surface area contributed by atoms with Gasteiger partial charge in [-0.3, -0.25) is 14.9 Å². The summed E-state index contributed by atoms with van der Waals surface area (Å²) in [6.45, 7) is 1.42. The fourth-order valence-corrected chi connectivity index (χ4v) is 2.88. The molecule has 0 saturated heterocycles. The van der Waals surface area contributed by atoms with E-state index in [9.17, 15) is 14.9 Å². The SMILES string of the molecule is CC(=O)C1=C(c2ccccc2)NC(N)=NC1c1ccccc1[N+](=O)[O-]. The minimum atomic E-state index is -0.837. The molecule has 126 valence electrons. The molecule has 0 radical (unpaired) electrons. The molecule has 0 spiro atoms. The largest absolute Gasteiger partial charge is 0.370 e. The lowest BCUT2D eigenvalue weighted by Crippen LogP contribution is -2.36. The molecule has 1 atom stereocenters. The molecule has 25 heavy (non-hydrogen) atoms. The van der Waals surface area contributed by atoms with Gasteiger partial charge in [-0.1, -0.05) is 42.5 Å². The van der Waals surface area contributed by atoms with Crippen molar-refractivity contribution in [3.8, 4) is 0 Å². The number of carbonyl (C=O) groups is 1. The second-order valence-corrected chi connectivity index (χ2v) is 5.57. The number of ketones is 1. The molecule has 2 aromatic carbocycles. The van der Waals surface area contributed by atoms with Crippen molar-refractivity contribution in [2.24, 2.45) is 10.7 Å². The Kier molecular flexibility index (Phi) is 4.30. The van der Waals surface area contributed by atoms with Crippen LogP contribution in [0.2, 0.25) is 0 Å². The highest BCUT2D eigenvalue weighted by atomic mass is 16.6. The van der Waals surface area contributed by atoms with Crippen molar-refractivity contribution in [2.75, 3.05) is 0 Å². The van der Waals surface area contributed by atoms with E-state index in [0.29, 0.717) is 16.8 Å². The Morgan fingerprint density at radius 1 is 1.16 bits per heavy atom. The van der Waals surface area contributed by atoms with Gasteiger partial charge in [-0.15, -0.1) is 0 Å². The monoisotopic (exact) mass is 336 g/mol. The van der Waals surface area contributed by atoms with Gasteiger partial charge in [0, 0.05) is 11.6 Å². The number of nitrogens with two attached hydrogens (primary N) is 1. The summed E-state index contributed by atoms with van der Waals surface area (Å²) in [7, 11) is 0. The number of Topliss-reactive ketones (excluding diaryl/α,β-unsaturated/α-hetero) is 1. The number of nitrogens with one attached hydrogen (secondary N) is 1. The molecule has 1 unspecified atom stereocenters. The molecule has 1 heterocycles. The zero-order valence-electron chi connectivity index (χ0n) is 13.5. The van der Waals surface area contributed by atoms with Crippen LogP contribution in [-0.2, 0) is 4.79 Å². The molecule has 0 fully saturated rings. The van der Waals surface area contributed by atoms with E-state index in [4.69, 9.17) is 5.73 Å². The Morgan fingerprint density at radius 3 is 2.44 bits per heavy atom. The fraction of sp³-hybridized carbons (Fsp3) is 0.111. The van der Waals surface area contributed by atoms with E-state index in [1.54, 1.807) is 18.2 Å². The highest BCUT2D eigenvalue weighted by Crippen LogP contribution is 2.38. The molecule has 0 aliphatic carbocycles. The first-order valence-corrected chi connectivity index (χ1v) is 7.63. The van der Waals surface area contributed by atoms with Gasteiger partial charge >= 0.3 is 0 Å². The number of nitrogens with zero attached hydrogens (tertiary/aromatic N) is 2. The standard InChI is InChI=1S/C18H16N4O3/c1-11(23)15-16(12-7-3-2-4-8-12)20-18(19)21-17(15)13-9-5-6-10-14(13)22(24)25/h2-10,17H,1H3,(H3,19,20,21). The maximum atomic E-state index is 12.4. The Morgan fingerprint density at radius 2 is 1.80 bits per heavy atom. The van der Waals surface area contributed by atoms with Gasteiger partial charge in [0.15, 0.2) is 11.7 Å². The van der Waals surface area contributed by atoms with Gasteiger partial charge in [0.05, 0.1) is 16.2 Å². The third kappa shape index (κ3) is 3.12. The van der Waals surface area contributed by atoms with Gasteiger partial charge in [0.25, 0.3) is 5.69 Å². The van der Waals surface area contributed by atoms with Crippen LogP contribution in [0.1, 0.15) is 24.1 Å². The van der Waals surface area contributed by atoms with Crippen LogP contribution in [0.5, 0.6) is 0 Å². The van der Waals surface area contributed by atoms with Crippen LogP contribution < -0.4 is 11.1 Å². The summed E-state index contributed by atoms with van der Waals surface area (Å²) in [5.41, 5.74) is 7.75. The topological polar surface area (TPSA) is 111 Å². The summed E-state index contributed by atoms with van der Waals surface area (Å²) < 4.78 is 0. The number of guanidine groups is 1. The highest BCUT2D eigenvalue weighted by Gasteiger charge is 2.32. The Bertz CT molecular complexity index is 904. The van der Waals surface area contributed by atoms with Crippen LogP contribution in [0.3, 0.4) is 0 Å². The maximum absolute atomic E-state index is 12.4. The summed E-state index contributed by atoms with van der Waals surface area (Å²) in [5, 5.41) is 14.3. The van der Waals surface area contributed by atoms with Crippen LogP contribution in [-0.4, -0.2) is 16.7 Å². The third-order valence-corrected chi connectivity index (χ3v) is 3.93. The summed E-state index contributed by atoms with van der Waals surface area (Å²) >= 11 is 0. The molecule has 3 rings (SSSR count). The smallest absolute Gasteiger partial charge is 0.275 e. The number of benzene rings is 2. The van der Waals surface area contributed by atoms with E-state index in [-0.39, 0.29) is 17.4 Å². The predicted octanol–water partition coefficient (Wildman–Crippen LogP) is 2.55. The molecule has 2 aromatic rings. The first-order valence-electron chi connectivity index (χ1n) is 7.63. The second-order valence-electron chi connectivity index (χ2n) is 5.57. The molecule has 7 heteroatoms. The van der Waals surface area contributed by atoms with Gasteiger partial charge in [0.2, 0.25) is 0 Å². The van der Waals surface area contributed by atoms with E-state index >= 15 is 0 Å². The quantitative estimate of drug-likeness (QED) is 0.658. The number of rotatable bonds is 4. The van der Waals surface area contributed by atoms with E-state index < -0.39 is 11.0 Å². The molecular formula is C18H16N4O3. The van der Waals surface area contributed by atoms with Gasteiger partial charge < -0.3 is 11.1 Å². The number of aliphatic imine (C=N–C) groups is 1. The summed E-state index contributed by atoms with van der Waals surface area (Å²) in [6.07, 6.45) is 0. The van der Waals surface area contributed by atoms with E-state index in [2.05, 4.69) is 10.3 Å². The zero-order valence-corrected chi connectivity index (χ0v) is 13.5. The molecule has 3 N–H and O–H groups in total. The lowest BCUT2D eigenvalue weighted by atomic mass is 9.90. The number of hydrogen-bond acceptors (Lipinski definition) is 6. The molecule has 0 amide bonds. The summed E-state index contributed by atoms with van der Waals surface area (Å²) in [6, 6.07) is 14.6. The second kappa shape index (κ2) is 6.56. The molecule has 0 saturated carbocycles. The van der Waals surface area contributed by atoms with Crippen molar-refractivity contribution >= 4 is 23.1 Å². The fourth-order valence-electron chi connectivity index (χ4n) is 2.88. The number of carbonyl (C=O) groups excluding carboxylic acids is 1. The number of nitro groups is 1. The van der Waals surface area contributed by atoms with Crippen molar-refractivity contribution < 1.29 is 9.72 Å². The van der Waals surface area contributed by atoms with Crippen LogP contribution in [0.15, 0.2) is 65.2 Å². The van der Waals surface area contributed by atoms with Crippen LogP contribution in [0.4, 0.5) is 5.69 Å². The maximum Gasteiger partial charge on any atom is 0.275 e. The van der Waals surface area contributed by atoms with Crippen LogP contribution >= 0.6 is 0 Å². The van der Waals surface area contributed by atoms with Gasteiger partial charge in [-0.05, 0) is 18.6 Å². The summed E-state index contributed by atoms with van der Waals surface area (Å²) in [4.78, 5) is 27.6. The molecule has 1 aliphatic rings. The minimum Gasteiger partial charge on any atom is -0.370 e. The van der Waals surface area contributed by atoms with E-state index in [1.165, 1.54) is 13.0 Å². The zero-order chi connectivity index (χ0) is 18.0. The molecule has 1 aliphatic heterocycles. The van der Waals surface area contributed by atoms with Crippen molar-refractivity contribution in [1.82, 2.24) is 5.32 Å².